The van der Waals surface area contributed by atoms with Crippen molar-refractivity contribution in [1.82, 2.24) is 35.0 Å². The lowest BCUT2D eigenvalue weighted by atomic mass is 10.1. The molecule has 0 bridgehead atoms. The fourth-order valence-electron chi connectivity index (χ4n) is 2.13. The van der Waals surface area contributed by atoms with Crippen molar-refractivity contribution < 1.29 is 0 Å². The van der Waals surface area contributed by atoms with E-state index in [2.05, 4.69) is 44.3 Å². The van der Waals surface area contributed by atoms with Crippen LogP contribution < -0.4 is 0 Å². The maximum absolute atomic E-state index is 4.57. The molecule has 4 rings (SSSR count). The van der Waals surface area contributed by atoms with Crippen molar-refractivity contribution in [3.05, 3.63) is 36.2 Å². The van der Waals surface area contributed by atoms with Crippen LogP contribution in [0.5, 0.6) is 0 Å². The molecule has 4 heterocycles. The molecule has 0 fully saturated rings. The zero-order valence-electron chi connectivity index (χ0n) is 12.1. The lowest BCUT2D eigenvalue weighted by Gasteiger charge is -1.95. The summed E-state index contributed by atoms with van der Waals surface area (Å²) in [6, 6.07) is 7.74. The van der Waals surface area contributed by atoms with Crippen LogP contribution in [-0.2, 0) is 0 Å². The predicted molar refractivity (Wildman–Crippen MR) is 83.6 cm³/mol. The van der Waals surface area contributed by atoms with Gasteiger partial charge in [-0.05, 0) is 24.1 Å². The number of H-pyrrole nitrogens is 1. The topological polar surface area (TPSA) is 84.6 Å². The van der Waals surface area contributed by atoms with Crippen LogP contribution in [0.25, 0.3) is 27.2 Å². The normalized spacial score (nSPS) is 11.6. The molecule has 0 spiro atoms. The first-order chi connectivity index (χ1) is 10.7. The van der Waals surface area contributed by atoms with E-state index < -0.39 is 0 Å². The Morgan fingerprint density at radius 2 is 2.14 bits per heavy atom. The van der Waals surface area contributed by atoms with Gasteiger partial charge in [0.25, 0.3) is 0 Å². The van der Waals surface area contributed by atoms with Crippen molar-refractivity contribution >= 4 is 16.3 Å². The van der Waals surface area contributed by atoms with Crippen molar-refractivity contribution in [3.63, 3.8) is 0 Å². The Kier molecular flexibility index (Phi) is 2.97. The third kappa shape index (κ3) is 2.08. The van der Waals surface area contributed by atoms with E-state index in [1.165, 1.54) is 11.3 Å². The molecule has 0 aliphatic carbocycles. The molecule has 4 aromatic rings. The minimum atomic E-state index is 0.355. The second-order valence-corrected chi connectivity index (χ2v) is 6.16. The molecule has 0 radical (unpaired) electrons. The van der Waals surface area contributed by atoms with E-state index >= 15 is 0 Å². The summed E-state index contributed by atoms with van der Waals surface area (Å²) in [4.78, 5) is 5.05. The van der Waals surface area contributed by atoms with Gasteiger partial charge >= 0.3 is 0 Å². The van der Waals surface area contributed by atoms with E-state index in [0.29, 0.717) is 11.7 Å². The lowest BCUT2D eigenvalue weighted by Crippen LogP contribution is -1.91. The summed E-state index contributed by atoms with van der Waals surface area (Å²) in [5.41, 5.74) is 2.64. The fourth-order valence-corrected chi connectivity index (χ4v) is 2.94. The Bertz CT molecular complexity index is 919. The highest BCUT2D eigenvalue weighted by molar-refractivity contribution is 7.19. The number of nitrogens with zero attached hydrogens (tertiary/aromatic N) is 6. The van der Waals surface area contributed by atoms with Gasteiger partial charge in [-0.1, -0.05) is 31.3 Å². The third-order valence-electron chi connectivity index (χ3n) is 3.30. The van der Waals surface area contributed by atoms with Crippen LogP contribution in [0.15, 0.2) is 30.5 Å². The first-order valence-corrected chi connectivity index (χ1v) is 7.73. The highest BCUT2D eigenvalue weighted by atomic mass is 32.1. The number of hydrogen-bond donors (Lipinski definition) is 1. The van der Waals surface area contributed by atoms with Gasteiger partial charge in [-0.15, -0.1) is 10.2 Å². The molecule has 0 unspecified atom stereocenters. The highest BCUT2D eigenvalue weighted by Crippen LogP contribution is 2.26. The molecule has 0 amide bonds. The summed E-state index contributed by atoms with van der Waals surface area (Å²) in [7, 11) is 0. The first-order valence-electron chi connectivity index (χ1n) is 6.91. The Morgan fingerprint density at radius 3 is 2.86 bits per heavy atom. The maximum Gasteiger partial charge on any atom is 0.235 e. The average molecular weight is 311 g/mol. The van der Waals surface area contributed by atoms with Crippen molar-refractivity contribution in [2.75, 3.05) is 0 Å². The van der Waals surface area contributed by atoms with Crippen LogP contribution >= 0.6 is 11.3 Å². The molecule has 0 aliphatic heterocycles. The molecular weight excluding hydrogens is 298 g/mol. The van der Waals surface area contributed by atoms with Gasteiger partial charge in [0.2, 0.25) is 10.8 Å². The van der Waals surface area contributed by atoms with Crippen LogP contribution in [0.2, 0.25) is 0 Å². The Morgan fingerprint density at radius 1 is 1.23 bits per heavy atom. The smallest absolute Gasteiger partial charge is 0.235 e. The van der Waals surface area contributed by atoms with Gasteiger partial charge in [-0.2, -0.15) is 14.7 Å². The van der Waals surface area contributed by atoms with Crippen molar-refractivity contribution in [2.24, 2.45) is 0 Å². The number of aromatic nitrogens is 7. The minimum Gasteiger partial charge on any atom is -0.274 e. The number of hydrogen-bond acceptors (Lipinski definition) is 6. The standard InChI is InChI=1S/C14H13N7S/c1-8(2)10-7-11(17-16-10)12-18-19-14-21(12)20-13(22-14)9-5-3-4-6-15-9/h3-8H,1-2H3,(H,16,17). The SMILES string of the molecule is CC(C)c1cc(-c2nnc3sc(-c4ccccn4)nn23)[nH]n1. The van der Waals surface area contributed by atoms with Crippen molar-refractivity contribution in [3.8, 4) is 22.2 Å². The zero-order chi connectivity index (χ0) is 15.1. The summed E-state index contributed by atoms with van der Waals surface area (Å²) in [5.74, 6) is 1.01. The molecule has 4 aromatic heterocycles. The largest absolute Gasteiger partial charge is 0.274 e. The van der Waals surface area contributed by atoms with Gasteiger partial charge in [0.15, 0.2) is 5.01 Å². The number of fused-ring (bicyclic) bond motifs is 1. The average Bonchev–Trinajstić information content (AvgIpc) is 3.22. The quantitative estimate of drug-likeness (QED) is 0.629. The number of pyridine rings is 1. The van der Waals surface area contributed by atoms with Crippen LogP contribution in [0.3, 0.4) is 0 Å². The summed E-state index contributed by atoms with van der Waals surface area (Å²) in [6.07, 6.45) is 1.75. The van der Waals surface area contributed by atoms with E-state index in [1.54, 1.807) is 10.7 Å². The van der Waals surface area contributed by atoms with Crippen molar-refractivity contribution in [1.29, 1.82) is 0 Å². The van der Waals surface area contributed by atoms with Crippen LogP contribution in [-0.4, -0.2) is 35.0 Å². The monoisotopic (exact) mass is 311 g/mol. The number of aromatic amines is 1. The predicted octanol–water partition coefficient (Wildman–Crippen LogP) is 2.76. The Labute approximate surface area is 130 Å². The minimum absolute atomic E-state index is 0.355. The zero-order valence-corrected chi connectivity index (χ0v) is 12.9. The highest BCUT2D eigenvalue weighted by Gasteiger charge is 2.17. The summed E-state index contributed by atoms with van der Waals surface area (Å²) >= 11 is 1.46. The first kappa shape index (κ1) is 13.1. The molecule has 1 N–H and O–H groups in total. The third-order valence-corrected chi connectivity index (χ3v) is 4.23. The maximum atomic E-state index is 4.57. The van der Waals surface area contributed by atoms with Gasteiger partial charge in [0, 0.05) is 6.20 Å². The Hall–Kier alpha value is -2.61. The van der Waals surface area contributed by atoms with Gasteiger partial charge in [0.05, 0.1) is 5.69 Å². The lowest BCUT2D eigenvalue weighted by molar-refractivity contribution is 0.810. The molecule has 0 aromatic carbocycles. The van der Waals surface area contributed by atoms with E-state index in [0.717, 1.165) is 27.1 Å². The van der Waals surface area contributed by atoms with Crippen LogP contribution in [0, 0.1) is 0 Å². The fraction of sp³-hybridized carbons (Fsp3) is 0.214. The number of rotatable bonds is 3. The molecule has 0 atom stereocenters. The van der Waals surface area contributed by atoms with E-state index in [4.69, 9.17) is 0 Å². The van der Waals surface area contributed by atoms with Gasteiger partial charge in [0.1, 0.15) is 11.4 Å². The van der Waals surface area contributed by atoms with Crippen LogP contribution in [0.1, 0.15) is 25.5 Å². The van der Waals surface area contributed by atoms with Gasteiger partial charge in [-0.25, -0.2) is 0 Å². The van der Waals surface area contributed by atoms with E-state index in [1.807, 2.05) is 24.3 Å². The molecule has 0 saturated carbocycles. The molecular formula is C14H13N7S. The second kappa shape index (κ2) is 4.99. The van der Waals surface area contributed by atoms with Crippen LogP contribution in [0.4, 0.5) is 0 Å². The van der Waals surface area contributed by atoms with E-state index in [-0.39, 0.29) is 0 Å². The van der Waals surface area contributed by atoms with E-state index in [9.17, 15) is 0 Å². The summed E-state index contributed by atoms with van der Waals surface area (Å²) in [5, 5.41) is 21.1. The summed E-state index contributed by atoms with van der Waals surface area (Å²) in [6.45, 7) is 4.20. The van der Waals surface area contributed by atoms with Gasteiger partial charge in [-0.3, -0.25) is 10.1 Å². The Balaban J connectivity index is 1.80. The molecule has 0 saturated heterocycles. The molecule has 0 aliphatic rings. The van der Waals surface area contributed by atoms with Gasteiger partial charge < -0.3 is 0 Å². The second-order valence-electron chi connectivity index (χ2n) is 5.20. The molecule has 110 valence electrons. The number of nitrogens with one attached hydrogen (secondary N) is 1. The molecule has 8 heteroatoms. The molecule has 22 heavy (non-hydrogen) atoms. The molecule has 7 nitrogen and oxygen atoms in total. The summed E-state index contributed by atoms with van der Waals surface area (Å²) < 4.78 is 1.73. The van der Waals surface area contributed by atoms with Crippen molar-refractivity contribution in [2.45, 2.75) is 19.8 Å².